The SMILES string of the molecule is COc1cccc(Nc2cc(C(=O)NCc3ccco3)nc(C)n2)c1. The van der Waals surface area contributed by atoms with Gasteiger partial charge in [0, 0.05) is 17.8 Å². The van der Waals surface area contributed by atoms with Crippen molar-refractivity contribution in [3.63, 3.8) is 0 Å². The molecule has 2 N–H and O–H groups in total. The number of rotatable bonds is 6. The van der Waals surface area contributed by atoms with Gasteiger partial charge in [-0.1, -0.05) is 6.07 Å². The first-order valence-corrected chi connectivity index (χ1v) is 7.71. The van der Waals surface area contributed by atoms with Crippen LogP contribution < -0.4 is 15.4 Å². The van der Waals surface area contributed by atoms with E-state index in [0.29, 0.717) is 23.9 Å². The Morgan fingerprint density at radius 3 is 2.84 bits per heavy atom. The van der Waals surface area contributed by atoms with Gasteiger partial charge in [0.2, 0.25) is 0 Å². The number of benzene rings is 1. The molecule has 7 heteroatoms. The topological polar surface area (TPSA) is 89.3 Å². The molecule has 2 aromatic heterocycles. The van der Waals surface area contributed by atoms with E-state index in [4.69, 9.17) is 9.15 Å². The first-order valence-electron chi connectivity index (χ1n) is 7.71. The number of amides is 1. The lowest BCUT2D eigenvalue weighted by Crippen LogP contribution is -2.24. The van der Waals surface area contributed by atoms with Crippen LogP contribution in [-0.4, -0.2) is 23.0 Å². The van der Waals surface area contributed by atoms with Crippen LogP contribution in [-0.2, 0) is 6.54 Å². The fraction of sp³-hybridized carbons (Fsp3) is 0.167. The second-order valence-corrected chi connectivity index (χ2v) is 5.30. The summed E-state index contributed by atoms with van der Waals surface area (Å²) in [6, 6.07) is 12.6. The van der Waals surface area contributed by atoms with Gasteiger partial charge < -0.3 is 19.8 Å². The minimum Gasteiger partial charge on any atom is -0.497 e. The summed E-state index contributed by atoms with van der Waals surface area (Å²) in [5.74, 6) is 2.14. The van der Waals surface area contributed by atoms with Crippen molar-refractivity contribution in [3.8, 4) is 5.75 Å². The number of carbonyl (C=O) groups excluding carboxylic acids is 1. The number of hydrogen-bond donors (Lipinski definition) is 2. The zero-order valence-corrected chi connectivity index (χ0v) is 13.9. The zero-order valence-electron chi connectivity index (χ0n) is 13.9. The molecule has 1 aromatic carbocycles. The minimum atomic E-state index is -0.296. The fourth-order valence-electron chi connectivity index (χ4n) is 2.27. The van der Waals surface area contributed by atoms with Gasteiger partial charge in [-0.25, -0.2) is 9.97 Å². The van der Waals surface area contributed by atoms with E-state index in [1.807, 2.05) is 24.3 Å². The average molecular weight is 338 g/mol. The molecule has 0 aliphatic rings. The van der Waals surface area contributed by atoms with Gasteiger partial charge in [0.15, 0.2) is 0 Å². The maximum atomic E-state index is 12.3. The highest BCUT2D eigenvalue weighted by atomic mass is 16.5. The predicted octanol–water partition coefficient (Wildman–Crippen LogP) is 3.06. The summed E-state index contributed by atoms with van der Waals surface area (Å²) in [5.41, 5.74) is 1.09. The molecular formula is C18H18N4O3. The van der Waals surface area contributed by atoms with Gasteiger partial charge in [-0.2, -0.15) is 0 Å². The molecule has 0 aliphatic heterocycles. The second-order valence-electron chi connectivity index (χ2n) is 5.30. The summed E-state index contributed by atoms with van der Waals surface area (Å²) in [6.45, 7) is 2.04. The molecule has 0 saturated heterocycles. The monoisotopic (exact) mass is 338 g/mol. The number of aryl methyl sites for hydroxylation is 1. The van der Waals surface area contributed by atoms with Crippen molar-refractivity contribution < 1.29 is 13.9 Å². The molecule has 0 aliphatic carbocycles. The van der Waals surface area contributed by atoms with Crippen LogP contribution in [0.4, 0.5) is 11.5 Å². The van der Waals surface area contributed by atoms with Crippen molar-refractivity contribution in [1.82, 2.24) is 15.3 Å². The number of carbonyl (C=O) groups is 1. The van der Waals surface area contributed by atoms with E-state index >= 15 is 0 Å². The van der Waals surface area contributed by atoms with Gasteiger partial charge in [0.05, 0.1) is 19.9 Å². The molecule has 7 nitrogen and oxygen atoms in total. The van der Waals surface area contributed by atoms with Crippen LogP contribution in [0.2, 0.25) is 0 Å². The largest absolute Gasteiger partial charge is 0.497 e. The number of hydrogen-bond acceptors (Lipinski definition) is 6. The van der Waals surface area contributed by atoms with Crippen molar-refractivity contribution in [2.24, 2.45) is 0 Å². The third-order valence-corrected chi connectivity index (χ3v) is 3.42. The van der Waals surface area contributed by atoms with E-state index in [2.05, 4.69) is 20.6 Å². The summed E-state index contributed by atoms with van der Waals surface area (Å²) in [7, 11) is 1.61. The number of methoxy groups -OCH3 is 1. The van der Waals surface area contributed by atoms with E-state index < -0.39 is 0 Å². The van der Waals surface area contributed by atoms with Gasteiger partial charge in [-0.3, -0.25) is 4.79 Å². The quantitative estimate of drug-likeness (QED) is 0.718. The maximum absolute atomic E-state index is 12.3. The molecule has 3 aromatic rings. The van der Waals surface area contributed by atoms with Crippen molar-refractivity contribution in [3.05, 3.63) is 66.0 Å². The standard InChI is InChI=1S/C18H18N4O3/c1-12-20-16(18(23)19-11-15-7-4-8-25-15)10-17(21-12)22-13-5-3-6-14(9-13)24-2/h3-10H,11H2,1-2H3,(H,19,23)(H,20,21,22). The first kappa shape index (κ1) is 16.5. The molecule has 128 valence electrons. The maximum Gasteiger partial charge on any atom is 0.270 e. The highest BCUT2D eigenvalue weighted by Gasteiger charge is 2.11. The molecule has 0 spiro atoms. The second kappa shape index (κ2) is 7.48. The number of furan rings is 1. The molecule has 0 unspecified atom stereocenters. The summed E-state index contributed by atoms with van der Waals surface area (Å²) in [5, 5.41) is 5.92. The normalized spacial score (nSPS) is 10.3. The Kier molecular flexibility index (Phi) is 4.94. The molecule has 0 fully saturated rings. The van der Waals surface area contributed by atoms with Crippen LogP contribution >= 0.6 is 0 Å². The van der Waals surface area contributed by atoms with Gasteiger partial charge in [0.1, 0.15) is 28.8 Å². The summed E-state index contributed by atoms with van der Waals surface area (Å²) >= 11 is 0. The summed E-state index contributed by atoms with van der Waals surface area (Å²) in [6.07, 6.45) is 1.56. The van der Waals surface area contributed by atoms with Crippen LogP contribution in [0, 0.1) is 6.92 Å². The van der Waals surface area contributed by atoms with Gasteiger partial charge in [-0.15, -0.1) is 0 Å². The van der Waals surface area contributed by atoms with Crippen LogP contribution in [0.1, 0.15) is 22.1 Å². The van der Waals surface area contributed by atoms with E-state index in [-0.39, 0.29) is 11.6 Å². The van der Waals surface area contributed by atoms with E-state index in [0.717, 1.165) is 11.4 Å². The summed E-state index contributed by atoms with van der Waals surface area (Å²) < 4.78 is 10.4. The number of anilines is 2. The van der Waals surface area contributed by atoms with Crippen LogP contribution in [0.3, 0.4) is 0 Å². The third kappa shape index (κ3) is 4.35. The Bertz CT molecular complexity index is 863. The molecule has 0 radical (unpaired) electrons. The number of aromatic nitrogens is 2. The van der Waals surface area contributed by atoms with Crippen molar-refractivity contribution in [1.29, 1.82) is 0 Å². The smallest absolute Gasteiger partial charge is 0.270 e. The van der Waals surface area contributed by atoms with E-state index in [1.54, 1.807) is 38.5 Å². The van der Waals surface area contributed by atoms with Crippen LogP contribution in [0.5, 0.6) is 5.75 Å². The molecule has 3 rings (SSSR count). The minimum absolute atomic E-state index is 0.282. The Morgan fingerprint density at radius 1 is 1.20 bits per heavy atom. The van der Waals surface area contributed by atoms with Crippen LogP contribution in [0.15, 0.2) is 53.1 Å². The number of nitrogens with zero attached hydrogens (tertiary/aromatic N) is 2. The van der Waals surface area contributed by atoms with Gasteiger partial charge >= 0.3 is 0 Å². The molecule has 25 heavy (non-hydrogen) atoms. The number of ether oxygens (including phenoxy) is 1. The van der Waals surface area contributed by atoms with Gasteiger partial charge in [0.25, 0.3) is 5.91 Å². The zero-order chi connectivity index (χ0) is 17.6. The molecular weight excluding hydrogens is 320 g/mol. The van der Waals surface area contributed by atoms with E-state index in [9.17, 15) is 4.79 Å². The molecule has 0 atom stereocenters. The van der Waals surface area contributed by atoms with Gasteiger partial charge in [-0.05, 0) is 31.2 Å². The Hall–Kier alpha value is -3.35. The lowest BCUT2D eigenvalue weighted by Gasteiger charge is -2.10. The summed E-state index contributed by atoms with van der Waals surface area (Å²) in [4.78, 5) is 20.8. The Morgan fingerprint density at radius 2 is 2.08 bits per heavy atom. The Balaban J connectivity index is 1.74. The fourth-order valence-corrected chi connectivity index (χ4v) is 2.27. The van der Waals surface area contributed by atoms with Crippen molar-refractivity contribution >= 4 is 17.4 Å². The van der Waals surface area contributed by atoms with Crippen molar-refractivity contribution in [2.75, 3.05) is 12.4 Å². The molecule has 2 heterocycles. The molecule has 0 saturated carbocycles. The van der Waals surface area contributed by atoms with Crippen LogP contribution in [0.25, 0.3) is 0 Å². The highest BCUT2D eigenvalue weighted by Crippen LogP contribution is 2.20. The number of nitrogens with one attached hydrogen (secondary N) is 2. The lowest BCUT2D eigenvalue weighted by molar-refractivity contribution is 0.0942. The Labute approximate surface area is 145 Å². The average Bonchev–Trinajstić information content (AvgIpc) is 3.13. The highest BCUT2D eigenvalue weighted by molar-refractivity contribution is 5.93. The lowest BCUT2D eigenvalue weighted by atomic mass is 10.3. The predicted molar refractivity (Wildman–Crippen MR) is 92.9 cm³/mol. The molecule has 1 amide bonds. The first-order chi connectivity index (χ1) is 12.1. The van der Waals surface area contributed by atoms with E-state index in [1.165, 1.54) is 0 Å². The van der Waals surface area contributed by atoms with Crippen molar-refractivity contribution in [2.45, 2.75) is 13.5 Å². The molecule has 0 bridgehead atoms. The third-order valence-electron chi connectivity index (χ3n) is 3.42.